The molecule has 0 aliphatic rings. The lowest BCUT2D eigenvalue weighted by atomic mass is 10.0. The second-order valence-corrected chi connectivity index (χ2v) is 21.2. The van der Waals surface area contributed by atoms with Crippen LogP contribution in [0, 0.1) is 0 Å². The Bertz CT molecular complexity index is 1810. The van der Waals surface area contributed by atoms with Gasteiger partial charge < -0.3 is 14.2 Å². The van der Waals surface area contributed by atoms with E-state index in [2.05, 4.69) is 179 Å². The first-order valence-electron chi connectivity index (χ1n) is 33.0. The number of hydrogen-bond acceptors (Lipinski definition) is 6. The molecule has 0 aliphatic carbocycles. The van der Waals surface area contributed by atoms with Gasteiger partial charge in [0.05, 0.1) is 0 Å². The summed E-state index contributed by atoms with van der Waals surface area (Å²) in [6, 6.07) is 0. The number of allylic oxidation sites excluding steroid dienone is 26. The van der Waals surface area contributed by atoms with E-state index in [1.165, 1.54) is 64.2 Å². The van der Waals surface area contributed by atoms with Crippen LogP contribution in [0.2, 0.25) is 0 Å². The molecule has 456 valence electrons. The van der Waals surface area contributed by atoms with E-state index < -0.39 is 6.10 Å². The predicted octanol–water partition coefficient (Wildman–Crippen LogP) is 22.9. The molecular weight excluding hydrogens is 997 g/mol. The van der Waals surface area contributed by atoms with E-state index in [1.807, 2.05) is 0 Å². The monoisotopic (exact) mass is 1120 g/mol. The summed E-state index contributed by atoms with van der Waals surface area (Å²) in [5, 5.41) is 0. The van der Waals surface area contributed by atoms with Crippen LogP contribution in [0.4, 0.5) is 0 Å². The Balaban J connectivity index is 4.44. The molecule has 6 nitrogen and oxygen atoms in total. The van der Waals surface area contributed by atoms with Crippen LogP contribution in [0.5, 0.6) is 0 Å². The van der Waals surface area contributed by atoms with Crippen LogP contribution in [0.3, 0.4) is 0 Å². The molecule has 0 aromatic heterocycles. The lowest BCUT2D eigenvalue weighted by Gasteiger charge is -2.18. The molecule has 0 bridgehead atoms. The second kappa shape index (κ2) is 67.5. The summed E-state index contributed by atoms with van der Waals surface area (Å²) in [5.74, 6) is -0.945. The maximum absolute atomic E-state index is 12.9. The average molecular weight is 1120 g/mol. The minimum Gasteiger partial charge on any atom is -0.462 e. The van der Waals surface area contributed by atoms with Crippen molar-refractivity contribution in [2.75, 3.05) is 13.2 Å². The molecule has 1 unspecified atom stereocenters. The first-order chi connectivity index (χ1) is 40.0. The summed E-state index contributed by atoms with van der Waals surface area (Å²) in [7, 11) is 0. The van der Waals surface area contributed by atoms with Crippen molar-refractivity contribution in [3.63, 3.8) is 0 Å². The van der Waals surface area contributed by atoms with Gasteiger partial charge in [0.1, 0.15) is 13.2 Å². The fourth-order valence-electron chi connectivity index (χ4n) is 8.69. The van der Waals surface area contributed by atoms with Crippen LogP contribution in [0.15, 0.2) is 158 Å². The van der Waals surface area contributed by atoms with Crippen LogP contribution in [-0.2, 0) is 28.6 Å². The Morgan fingerprint density at radius 2 is 0.444 bits per heavy atom. The molecule has 0 heterocycles. The summed E-state index contributed by atoms with van der Waals surface area (Å²) in [6.45, 7) is 6.27. The number of carbonyl (C=O) groups excluding carboxylic acids is 3. The molecule has 0 rings (SSSR count). The van der Waals surface area contributed by atoms with Crippen LogP contribution in [0.25, 0.3) is 0 Å². The summed E-state index contributed by atoms with van der Waals surface area (Å²) in [5.41, 5.74) is 0. The standard InChI is InChI=1S/C75H120O6/c1-4-7-10-13-16-19-22-25-28-30-32-34-36-37-39-40-42-44-47-50-53-56-59-62-65-68-74(77)80-71-72(70-79-73(76)67-64-61-58-55-52-49-46-27-24-21-18-15-12-9-6-3)81-75(78)69-66-63-60-57-54-51-48-45-43-41-38-35-33-31-29-26-23-20-17-14-11-8-5-2/h7-12,16-21,25-29,32-35,41,43,46,48,51,72H,4-6,13-15,22-24,30-31,36-40,42,44-45,47,49-50,52-71H2,1-3H3/b10-7-,11-8-,12-9-,19-16-,20-17-,21-18-,28-25-,29-26-,34-32-,35-33-,43-41-,46-27-,51-48-. The maximum atomic E-state index is 12.9. The van der Waals surface area contributed by atoms with Crippen LogP contribution in [0.1, 0.15) is 278 Å². The van der Waals surface area contributed by atoms with E-state index in [4.69, 9.17) is 14.2 Å². The van der Waals surface area contributed by atoms with Gasteiger partial charge in [0.25, 0.3) is 0 Å². The Labute approximate surface area is 499 Å². The quantitative estimate of drug-likeness (QED) is 0.0261. The second-order valence-electron chi connectivity index (χ2n) is 21.2. The van der Waals surface area contributed by atoms with Gasteiger partial charge in [0.15, 0.2) is 6.10 Å². The van der Waals surface area contributed by atoms with Crippen molar-refractivity contribution < 1.29 is 28.6 Å². The molecular formula is C75H120O6. The number of hydrogen-bond donors (Lipinski definition) is 0. The third kappa shape index (κ3) is 65.7. The SMILES string of the molecule is CC/C=C\C/C=C\C/C=C\C/C=C\C/C=C\C/C=C\CCCCCCC(=O)OC(COC(=O)CCCCCCC/C=C\C/C=C\C/C=C\CC)COC(=O)CCCCCCCCCCCCCC/C=C\C/C=C\C/C=C\C/C=C\CC. The van der Waals surface area contributed by atoms with Crippen molar-refractivity contribution in [3.05, 3.63) is 158 Å². The Morgan fingerprint density at radius 3 is 0.691 bits per heavy atom. The third-order valence-electron chi connectivity index (χ3n) is 13.5. The smallest absolute Gasteiger partial charge is 0.306 e. The fourth-order valence-corrected chi connectivity index (χ4v) is 8.69. The highest BCUT2D eigenvalue weighted by Crippen LogP contribution is 2.15. The number of carbonyl (C=O) groups is 3. The highest BCUT2D eigenvalue weighted by atomic mass is 16.6. The average Bonchev–Trinajstić information content (AvgIpc) is 3.47. The van der Waals surface area contributed by atoms with Gasteiger partial charge in [-0.1, -0.05) is 275 Å². The van der Waals surface area contributed by atoms with Crippen molar-refractivity contribution in [1.82, 2.24) is 0 Å². The normalized spacial score (nSPS) is 13.2. The van der Waals surface area contributed by atoms with E-state index in [-0.39, 0.29) is 37.5 Å². The summed E-state index contributed by atoms with van der Waals surface area (Å²) in [6.07, 6.45) is 98.2. The first-order valence-corrected chi connectivity index (χ1v) is 33.0. The lowest BCUT2D eigenvalue weighted by Crippen LogP contribution is -2.30. The van der Waals surface area contributed by atoms with Gasteiger partial charge in [-0.3, -0.25) is 14.4 Å². The fraction of sp³-hybridized carbons (Fsp3) is 0.613. The molecule has 0 radical (unpaired) electrons. The number of ether oxygens (including phenoxy) is 3. The Hall–Kier alpha value is -4.97. The van der Waals surface area contributed by atoms with Crippen LogP contribution >= 0.6 is 0 Å². The Morgan fingerprint density at radius 1 is 0.247 bits per heavy atom. The molecule has 0 saturated carbocycles. The van der Waals surface area contributed by atoms with E-state index in [0.29, 0.717) is 12.8 Å². The molecule has 0 N–H and O–H groups in total. The minimum absolute atomic E-state index is 0.101. The molecule has 0 fully saturated rings. The third-order valence-corrected chi connectivity index (χ3v) is 13.5. The molecule has 0 spiro atoms. The van der Waals surface area contributed by atoms with Crippen molar-refractivity contribution >= 4 is 17.9 Å². The van der Waals surface area contributed by atoms with Gasteiger partial charge >= 0.3 is 17.9 Å². The lowest BCUT2D eigenvalue weighted by molar-refractivity contribution is -0.167. The molecule has 0 aromatic carbocycles. The van der Waals surface area contributed by atoms with Crippen molar-refractivity contribution in [2.24, 2.45) is 0 Å². The number of esters is 3. The molecule has 1 atom stereocenters. The van der Waals surface area contributed by atoms with Gasteiger partial charge in [-0.05, 0) is 141 Å². The zero-order chi connectivity index (χ0) is 58.5. The number of rotatable bonds is 58. The largest absolute Gasteiger partial charge is 0.462 e. The van der Waals surface area contributed by atoms with Gasteiger partial charge in [0.2, 0.25) is 0 Å². The maximum Gasteiger partial charge on any atom is 0.306 e. The van der Waals surface area contributed by atoms with E-state index in [1.54, 1.807) is 0 Å². The summed E-state index contributed by atoms with van der Waals surface area (Å²) in [4.78, 5) is 38.4. The van der Waals surface area contributed by atoms with Gasteiger partial charge in [-0.15, -0.1) is 0 Å². The zero-order valence-corrected chi connectivity index (χ0v) is 52.2. The molecule has 0 aromatic rings. The van der Waals surface area contributed by atoms with Crippen LogP contribution in [-0.4, -0.2) is 37.2 Å². The highest BCUT2D eigenvalue weighted by molar-refractivity contribution is 5.71. The van der Waals surface area contributed by atoms with Crippen molar-refractivity contribution in [2.45, 2.75) is 284 Å². The van der Waals surface area contributed by atoms with Crippen LogP contribution < -0.4 is 0 Å². The minimum atomic E-state index is -0.809. The van der Waals surface area contributed by atoms with Crippen molar-refractivity contribution in [1.29, 1.82) is 0 Å². The molecule has 81 heavy (non-hydrogen) atoms. The van der Waals surface area contributed by atoms with E-state index in [0.717, 1.165) is 173 Å². The topological polar surface area (TPSA) is 78.9 Å². The van der Waals surface area contributed by atoms with Gasteiger partial charge in [-0.2, -0.15) is 0 Å². The first kappa shape index (κ1) is 76.0. The van der Waals surface area contributed by atoms with Gasteiger partial charge in [0, 0.05) is 19.3 Å². The zero-order valence-electron chi connectivity index (χ0n) is 52.2. The predicted molar refractivity (Wildman–Crippen MR) is 352 cm³/mol. The van der Waals surface area contributed by atoms with E-state index in [9.17, 15) is 14.4 Å². The van der Waals surface area contributed by atoms with Crippen molar-refractivity contribution in [3.8, 4) is 0 Å². The molecule has 0 aliphatic heterocycles. The highest BCUT2D eigenvalue weighted by Gasteiger charge is 2.19. The molecule has 6 heteroatoms. The molecule has 0 amide bonds. The summed E-state index contributed by atoms with van der Waals surface area (Å²) >= 11 is 0. The number of unbranched alkanes of at least 4 members (excludes halogenated alkanes) is 21. The Kier molecular flexibility index (Phi) is 63.4. The van der Waals surface area contributed by atoms with Gasteiger partial charge in [-0.25, -0.2) is 0 Å². The summed E-state index contributed by atoms with van der Waals surface area (Å²) < 4.78 is 16.9. The molecule has 0 saturated heterocycles. The van der Waals surface area contributed by atoms with E-state index >= 15 is 0 Å².